The molecule has 0 N–H and O–H groups in total. The molecule has 5 nitrogen and oxygen atoms in total. The first-order valence-electron chi connectivity index (χ1n) is 11.3. The second-order valence-corrected chi connectivity index (χ2v) is 8.58. The van der Waals surface area contributed by atoms with E-state index < -0.39 is 0 Å². The van der Waals surface area contributed by atoms with Gasteiger partial charge < -0.3 is 4.57 Å². The average Bonchev–Trinajstić information content (AvgIpc) is 3.45. The number of fused-ring (bicyclic) bond motifs is 12. The number of hydrogen-bond donors (Lipinski definition) is 0. The summed E-state index contributed by atoms with van der Waals surface area (Å²) in [6.45, 7) is 0. The van der Waals surface area contributed by atoms with Gasteiger partial charge in [-0.2, -0.15) is 0 Å². The minimum atomic E-state index is 0.875. The van der Waals surface area contributed by atoms with E-state index in [1.807, 2.05) is 30.7 Å². The highest BCUT2D eigenvalue weighted by Crippen LogP contribution is 2.40. The molecule has 0 fully saturated rings. The van der Waals surface area contributed by atoms with Crippen LogP contribution in [0.3, 0.4) is 0 Å². The normalized spacial score (nSPS) is 12.1. The number of hydrogen-bond acceptors (Lipinski definition) is 3. The lowest BCUT2D eigenvalue weighted by atomic mass is 10.0. The Labute approximate surface area is 193 Å². The van der Waals surface area contributed by atoms with Gasteiger partial charge in [-0.3, -0.25) is 14.4 Å². The van der Waals surface area contributed by atoms with Crippen LogP contribution in [0.1, 0.15) is 0 Å². The van der Waals surface area contributed by atoms with Gasteiger partial charge in [0.15, 0.2) is 0 Å². The summed E-state index contributed by atoms with van der Waals surface area (Å²) in [6.07, 6.45) is 5.53. The third-order valence-corrected chi connectivity index (χ3v) is 6.81. The van der Waals surface area contributed by atoms with Crippen LogP contribution in [0.25, 0.3) is 66.0 Å². The summed E-state index contributed by atoms with van der Waals surface area (Å²) in [5, 5.41) is 4.62. The first-order valence-corrected chi connectivity index (χ1v) is 11.3. The monoisotopic (exact) mass is 435 g/mol. The minimum absolute atomic E-state index is 0.875. The molecule has 8 rings (SSSR count). The Balaban J connectivity index is 1.76. The molecule has 0 aliphatic heterocycles. The Morgan fingerprint density at radius 1 is 0.618 bits per heavy atom. The van der Waals surface area contributed by atoms with E-state index in [2.05, 4.69) is 86.7 Å². The smallest absolute Gasteiger partial charge is 0.148 e. The molecule has 5 heterocycles. The van der Waals surface area contributed by atoms with Crippen LogP contribution < -0.4 is 0 Å². The molecule has 0 saturated carbocycles. The largest absolute Gasteiger partial charge is 0.308 e. The van der Waals surface area contributed by atoms with Crippen LogP contribution in [-0.2, 0) is 0 Å². The molecule has 0 aliphatic rings. The van der Waals surface area contributed by atoms with E-state index in [1.165, 1.54) is 16.3 Å². The van der Waals surface area contributed by atoms with E-state index in [4.69, 9.17) is 9.97 Å². The summed E-state index contributed by atoms with van der Waals surface area (Å²) >= 11 is 0. The van der Waals surface area contributed by atoms with Crippen molar-refractivity contribution in [1.29, 1.82) is 0 Å². The SMILES string of the molecule is c1ccc(-n2c3ccccc3c3ccc4c5ncccc5n5c6ccncc6nc5c4c32)cc1. The van der Waals surface area contributed by atoms with Gasteiger partial charge in [-0.15, -0.1) is 0 Å². The van der Waals surface area contributed by atoms with Crippen molar-refractivity contribution in [2.24, 2.45) is 0 Å². The van der Waals surface area contributed by atoms with Crippen molar-refractivity contribution in [2.75, 3.05) is 0 Å². The minimum Gasteiger partial charge on any atom is -0.308 e. The number of nitrogens with zero attached hydrogens (tertiary/aromatic N) is 5. The fraction of sp³-hybridized carbons (Fsp3) is 0. The van der Waals surface area contributed by atoms with Gasteiger partial charge in [0.2, 0.25) is 0 Å². The van der Waals surface area contributed by atoms with Gasteiger partial charge in [-0.1, -0.05) is 48.5 Å². The molecular weight excluding hydrogens is 418 g/mol. The Bertz CT molecular complexity index is 2070. The molecule has 5 aromatic heterocycles. The third-order valence-electron chi connectivity index (χ3n) is 6.81. The quantitative estimate of drug-likeness (QED) is 0.270. The highest BCUT2D eigenvalue weighted by molar-refractivity contribution is 6.26. The number of para-hydroxylation sites is 2. The predicted molar refractivity (Wildman–Crippen MR) is 138 cm³/mol. The molecule has 0 atom stereocenters. The number of benzene rings is 3. The fourth-order valence-electron chi connectivity index (χ4n) is 5.46. The molecule has 5 heteroatoms. The molecule has 8 aromatic rings. The molecule has 34 heavy (non-hydrogen) atoms. The van der Waals surface area contributed by atoms with E-state index in [-0.39, 0.29) is 0 Å². The first-order chi connectivity index (χ1) is 16.9. The predicted octanol–water partition coefficient (Wildman–Crippen LogP) is 6.68. The molecule has 3 aromatic carbocycles. The molecule has 0 amide bonds. The molecular formula is C29H17N5. The average molecular weight is 435 g/mol. The molecule has 0 bridgehead atoms. The van der Waals surface area contributed by atoms with Gasteiger partial charge in [0, 0.05) is 34.2 Å². The Kier molecular flexibility index (Phi) is 3.34. The summed E-state index contributed by atoms with van der Waals surface area (Å²) in [4.78, 5) is 14.3. The summed E-state index contributed by atoms with van der Waals surface area (Å²) in [5.74, 6) is 0. The number of imidazole rings is 1. The molecule has 0 spiro atoms. The van der Waals surface area contributed by atoms with Crippen molar-refractivity contribution in [3.8, 4) is 5.69 Å². The van der Waals surface area contributed by atoms with Crippen molar-refractivity contribution in [3.05, 3.63) is 104 Å². The van der Waals surface area contributed by atoms with E-state index >= 15 is 0 Å². The highest BCUT2D eigenvalue weighted by atomic mass is 15.0. The van der Waals surface area contributed by atoms with Gasteiger partial charge >= 0.3 is 0 Å². The van der Waals surface area contributed by atoms with Gasteiger partial charge in [0.05, 0.1) is 39.2 Å². The van der Waals surface area contributed by atoms with E-state index in [0.717, 1.165) is 49.7 Å². The zero-order valence-corrected chi connectivity index (χ0v) is 18.1. The summed E-state index contributed by atoms with van der Waals surface area (Å²) in [6, 6.07) is 29.7. The van der Waals surface area contributed by atoms with Crippen LogP contribution >= 0.6 is 0 Å². The lowest BCUT2D eigenvalue weighted by Gasteiger charge is -2.12. The molecule has 0 radical (unpaired) electrons. The molecule has 0 unspecified atom stereocenters. The molecule has 0 saturated heterocycles. The zero-order chi connectivity index (χ0) is 22.2. The van der Waals surface area contributed by atoms with Crippen LogP contribution in [0.4, 0.5) is 0 Å². The third kappa shape index (κ3) is 2.16. The lowest BCUT2D eigenvalue weighted by Crippen LogP contribution is -1.97. The first kappa shape index (κ1) is 17.7. The van der Waals surface area contributed by atoms with Crippen LogP contribution in [0.15, 0.2) is 104 Å². The number of pyridine rings is 3. The van der Waals surface area contributed by atoms with E-state index in [1.54, 1.807) is 0 Å². The Morgan fingerprint density at radius 2 is 1.44 bits per heavy atom. The van der Waals surface area contributed by atoms with E-state index in [0.29, 0.717) is 0 Å². The van der Waals surface area contributed by atoms with Crippen LogP contribution in [-0.4, -0.2) is 23.9 Å². The maximum absolute atomic E-state index is 5.11. The van der Waals surface area contributed by atoms with Crippen molar-refractivity contribution >= 4 is 60.3 Å². The van der Waals surface area contributed by atoms with Gasteiger partial charge in [-0.25, -0.2) is 4.98 Å². The maximum Gasteiger partial charge on any atom is 0.148 e. The number of rotatable bonds is 1. The van der Waals surface area contributed by atoms with Crippen molar-refractivity contribution < 1.29 is 0 Å². The Hall–Kier alpha value is -4.77. The van der Waals surface area contributed by atoms with Crippen LogP contribution in [0.5, 0.6) is 0 Å². The maximum atomic E-state index is 5.11. The van der Waals surface area contributed by atoms with E-state index in [9.17, 15) is 0 Å². The summed E-state index contributed by atoms with van der Waals surface area (Å²) in [7, 11) is 0. The topological polar surface area (TPSA) is 48.0 Å². The highest BCUT2D eigenvalue weighted by Gasteiger charge is 2.21. The van der Waals surface area contributed by atoms with Crippen molar-refractivity contribution in [3.63, 3.8) is 0 Å². The summed E-state index contributed by atoms with van der Waals surface area (Å²) in [5.41, 5.74) is 8.28. The van der Waals surface area contributed by atoms with Gasteiger partial charge in [0.1, 0.15) is 11.2 Å². The van der Waals surface area contributed by atoms with Gasteiger partial charge in [-0.05, 0) is 36.4 Å². The molecule has 158 valence electrons. The van der Waals surface area contributed by atoms with Crippen LogP contribution in [0.2, 0.25) is 0 Å². The standard InChI is InChI=1S/C29H17N5/c1-2-7-18(8-3-1)33-23-10-5-4-9-19(23)20-12-13-21-26(28(20)33)29-32-22-17-30-16-14-24(22)34(29)25-11-6-15-31-27(21)25/h1-17H. The van der Waals surface area contributed by atoms with Gasteiger partial charge in [0.25, 0.3) is 0 Å². The van der Waals surface area contributed by atoms with Crippen LogP contribution in [0, 0.1) is 0 Å². The second-order valence-electron chi connectivity index (χ2n) is 8.58. The van der Waals surface area contributed by atoms with Crippen molar-refractivity contribution in [1.82, 2.24) is 23.9 Å². The lowest BCUT2D eigenvalue weighted by molar-refractivity contribution is 1.18. The summed E-state index contributed by atoms with van der Waals surface area (Å²) < 4.78 is 4.59. The zero-order valence-electron chi connectivity index (χ0n) is 18.1. The second kappa shape index (κ2) is 6.39. The molecule has 0 aliphatic carbocycles. The Morgan fingerprint density at radius 3 is 2.38 bits per heavy atom. The van der Waals surface area contributed by atoms with Crippen molar-refractivity contribution in [2.45, 2.75) is 0 Å². The fourth-order valence-corrected chi connectivity index (χ4v) is 5.46. The number of aromatic nitrogens is 5.